The molecule has 1 atom stereocenters. The minimum Gasteiger partial charge on any atom is -0.373 e. The summed E-state index contributed by atoms with van der Waals surface area (Å²) in [6.45, 7) is 6.04. The molecule has 0 spiro atoms. The number of carbonyl (C=O) groups excluding carboxylic acids is 1. The monoisotopic (exact) mass is 361 g/mol. The third kappa shape index (κ3) is 6.72. The molecule has 1 aromatic carbocycles. The van der Waals surface area contributed by atoms with Gasteiger partial charge < -0.3 is 15.0 Å². The molecule has 0 saturated carbocycles. The summed E-state index contributed by atoms with van der Waals surface area (Å²) >= 11 is 1.19. The van der Waals surface area contributed by atoms with Gasteiger partial charge in [0.15, 0.2) is 5.16 Å². The first-order chi connectivity index (χ1) is 11.9. The van der Waals surface area contributed by atoms with E-state index in [1.54, 1.807) is 0 Å². The summed E-state index contributed by atoms with van der Waals surface area (Å²) in [5, 5.41) is 3.35. The number of nitrogens with zero attached hydrogens (tertiary/aromatic N) is 1. The second-order valence-corrected chi connectivity index (χ2v) is 6.85. The Hall–Kier alpha value is -2.12. The topological polar surface area (TPSA) is 84.1 Å². The van der Waals surface area contributed by atoms with E-state index < -0.39 is 0 Å². The van der Waals surface area contributed by atoms with E-state index in [4.69, 9.17) is 4.74 Å². The maximum Gasteiger partial charge on any atom is 0.251 e. The molecule has 0 aliphatic heterocycles. The number of aromatic amines is 1. The van der Waals surface area contributed by atoms with Crippen molar-refractivity contribution < 1.29 is 9.53 Å². The van der Waals surface area contributed by atoms with E-state index in [1.807, 2.05) is 51.1 Å². The quantitative estimate of drug-likeness (QED) is 0.558. The Morgan fingerprint density at radius 1 is 1.28 bits per heavy atom. The van der Waals surface area contributed by atoms with Gasteiger partial charge in [-0.15, -0.1) is 0 Å². The fraction of sp³-hybridized carbons (Fsp3) is 0.389. The largest absolute Gasteiger partial charge is 0.373 e. The molecule has 1 unspecified atom stereocenters. The van der Waals surface area contributed by atoms with E-state index in [9.17, 15) is 9.59 Å². The summed E-state index contributed by atoms with van der Waals surface area (Å²) in [5.41, 5.74) is 1.34. The van der Waals surface area contributed by atoms with Crippen LogP contribution in [0.5, 0.6) is 0 Å². The second kappa shape index (κ2) is 9.39. The Morgan fingerprint density at radius 2 is 2.00 bits per heavy atom. The van der Waals surface area contributed by atoms with Crippen LogP contribution in [-0.2, 0) is 16.1 Å². The van der Waals surface area contributed by atoms with Gasteiger partial charge in [0, 0.05) is 6.07 Å². The minimum atomic E-state index is -0.252. The Morgan fingerprint density at radius 3 is 2.68 bits per heavy atom. The molecule has 0 aliphatic rings. The maximum atomic E-state index is 12.1. The van der Waals surface area contributed by atoms with Gasteiger partial charge in [-0.2, -0.15) is 0 Å². The van der Waals surface area contributed by atoms with Crippen LogP contribution in [0.2, 0.25) is 0 Å². The summed E-state index contributed by atoms with van der Waals surface area (Å²) in [6, 6.07) is 11.1. The van der Waals surface area contributed by atoms with E-state index in [0.717, 1.165) is 5.56 Å². The summed E-state index contributed by atoms with van der Waals surface area (Å²) in [6.07, 6.45) is 0.0578. The van der Waals surface area contributed by atoms with E-state index >= 15 is 0 Å². The zero-order chi connectivity index (χ0) is 18.2. The van der Waals surface area contributed by atoms with E-state index in [0.29, 0.717) is 10.9 Å². The van der Waals surface area contributed by atoms with Crippen molar-refractivity contribution >= 4 is 17.7 Å². The number of rotatable bonds is 8. The van der Waals surface area contributed by atoms with Gasteiger partial charge >= 0.3 is 0 Å². The van der Waals surface area contributed by atoms with Crippen LogP contribution in [-0.4, -0.2) is 27.7 Å². The molecule has 1 amide bonds. The number of amides is 1. The van der Waals surface area contributed by atoms with Gasteiger partial charge in [0.25, 0.3) is 5.56 Å². The molecule has 2 aromatic rings. The summed E-state index contributed by atoms with van der Waals surface area (Å²) in [7, 11) is 0. The van der Waals surface area contributed by atoms with Crippen LogP contribution >= 0.6 is 11.8 Å². The lowest BCUT2D eigenvalue weighted by Gasteiger charge is -2.14. The molecule has 134 valence electrons. The highest BCUT2D eigenvalue weighted by atomic mass is 32.2. The number of thioether (sulfide) groups is 1. The average Bonchev–Trinajstić information content (AvgIpc) is 2.58. The minimum absolute atomic E-state index is 0.0578. The third-order valence-electron chi connectivity index (χ3n) is 3.35. The van der Waals surface area contributed by atoms with Crippen molar-refractivity contribution in [1.29, 1.82) is 0 Å². The van der Waals surface area contributed by atoms with Crippen LogP contribution < -0.4 is 10.9 Å². The van der Waals surface area contributed by atoms with Gasteiger partial charge in [0.05, 0.1) is 30.2 Å². The third-order valence-corrected chi connectivity index (χ3v) is 4.23. The van der Waals surface area contributed by atoms with Gasteiger partial charge in [-0.1, -0.05) is 42.1 Å². The van der Waals surface area contributed by atoms with Crippen LogP contribution in [0, 0.1) is 0 Å². The molecule has 25 heavy (non-hydrogen) atoms. The molecule has 2 N–H and O–H groups in total. The Bertz CT molecular complexity index is 747. The molecule has 0 bridgehead atoms. The number of hydrogen-bond donors (Lipinski definition) is 2. The first-order valence-corrected chi connectivity index (χ1v) is 9.11. The van der Waals surface area contributed by atoms with Crippen LogP contribution in [0.15, 0.2) is 46.3 Å². The Labute approximate surface area is 151 Å². The molecule has 7 heteroatoms. The fourth-order valence-electron chi connectivity index (χ4n) is 2.12. The molecular weight excluding hydrogens is 338 g/mol. The highest BCUT2D eigenvalue weighted by Gasteiger charge is 2.11. The average molecular weight is 361 g/mol. The van der Waals surface area contributed by atoms with Gasteiger partial charge in [-0.05, 0) is 26.3 Å². The number of hydrogen-bond acceptors (Lipinski definition) is 5. The van der Waals surface area contributed by atoms with Crippen molar-refractivity contribution in [3.8, 4) is 0 Å². The first kappa shape index (κ1) is 19.2. The van der Waals surface area contributed by atoms with Crippen LogP contribution in [0.25, 0.3) is 0 Å². The molecule has 2 rings (SSSR count). The summed E-state index contributed by atoms with van der Waals surface area (Å²) < 4.78 is 5.46. The number of nitrogens with one attached hydrogen (secondary N) is 2. The molecular formula is C18H23N3O3S. The number of ether oxygens (including phenoxy) is 1. The lowest BCUT2D eigenvalue weighted by Crippen LogP contribution is -2.28. The number of benzene rings is 1. The van der Waals surface area contributed by atoms with Crippen LogP contribution in [0.3, 0.4) is 0 Å². The van der Waals surface area contributed by atoms with Crippen molar-refractivity contribution in [2.24, 2.45) is 0 Å². The van der Waals surface area contributed by atoms with Crippen molar-refractivity contribution in [3.05, 3.63) is 58.0 Å². The Balaban J connectivity index is 1.89. The first-order valence-electron chi connectivity index (χ1n) is 8.13. The standard InChI is InChI=1S/C18H23N3O3S/c1-12(2)24-10-15-9-16(22)21-18(20-15)25-11-17(23)19-13(3)14-7-5-4-6-8-14/h4-9,12-13H,10-11H2,1-3H3,(H,19,23)(H,20,21,22). The molecule has 0 radical (unpaired) electrons. The molecule has 6 nitrogen and oxygen atoms in total. The zero-order valence-corrected chi connectivity index (χ0v) is 15.4. The molecule has 0 aliphatic carbocycles. The van der Waals surface area contributed by atoms with Crippen molar-refractivity contribution in [3.63, 3.8) is 0 Å². The number of carbonyl (C=O) groups is 1. The van der Waals surface area contributed by atoms with Crippen LogP contribution in [0.1, 0.15) is 38.1 Å². The molecule has 0 fully saturated rings. The molecule has 0 saturated heterocycles. The summed E-state index contributed by atoms with van der Waals surface area (Å²) in [4.78, 5) is 30.8. The van der Waals surface area contributed by atoms with Crippen molar-refractivity contribution in [2.45, 2.75) is 44.7 Å². The predicted octanol–water partition coefficient (Wildman–Crippen LogP) is 2.66. The lowest BCUT2D eigenvalue weighted by atomic mass is 10.1. The zero-order valence-electron chi connectivity index (χ0n) is 14.6. The fourth-order valence-corrected chi connectivity index (χ4v) is 2.83. The van der Waals surface area contributed by atoms with E-state index in [-0.39, 0.29) is 36.0 Å². The Kier molecular flexibility index (Phi) is 7.21. The highest BCUT2D eigenvalue weighted by molar-refractivity contribution is 7.99. The van der Waals surface area contributed by atoms with Crippen molar-refractivity contribution in [2.75, 3.05) is 5.75 Å². The van der Waals surface area contributed by atoms with Gasteiger partial charge in [0.1, 0.15) is 0 Å². The van der Waals surface area contributed by atoms with Gasteiger partial charge in [-0.25, -0.2) is 4.98 Å². The number of aromatic nitrogens is 2. The smallest absolute Gasteiger partial charge is 0.251 e. The molecule has 1 aromatic heterocycles. The second-order valence-electron chi connectivity index (χ2n) is 5.89. The molecule has 1 heterocycles. The van der Waals surface area contributed by atoms with Crippen molar-refractivity contribution in [1.82, 2.24) is 15.3 Å². The maximum absolute atomic E-state index is 12.1. The number of H-pyrrole nitrogens is 1. The lowest BCUT2D eigenvalue weighted by molar-refractivity contribution is -0.119. The van der Waals surface area contributed by atoms with E-state index in [1.165, 1.54) is 17.8 Å². The van der Waals surface area contributed by atoms with Gasteiger partial charge in [0.2, 0.25) is 5.91 Å². The van der Waals surface area contributed by atoms with Crippen LogP contribution in [0.4, 0.5) is 0 Å². The van der Waals surface area contributed by atoms with Gasteiger partial charge in [-0.3, -0.25) is 9.59 Å². The predicted molar refractivity (Wildman–Crippen MR) is 98.5 cm³/mol. The van der Waals surface area contributed by atoms with E-state index in [2.05, 4.69) is 15.3 Å². The highest BCUT2D eigenvalue weighted by Crippen LogP contribution is 2.14. The SMILES string of the molecule is CC(C)OCc1cc(=O)[nH]c(SCC(=O)NC(C)c2ccccc2)n1. The summed E-state index contributed by atoms with van der Waals surface area (Å²) in [5.74, 6) is 0.0575. The normalized spacial score (nSPS) is 12.2.